The van der Waals surface area contributed by atoms with Crippen molar-refractivity contribution in [3.8, 4) is 5.75 Å². The molecule has 3 rings (SSSR count). The normalized spacial score (nSPS) is 14.4. The molecule has 2 aromatic rings. The van der Waals surface area contributed by atoms with Gasteiger partial charge in [0.15, 0.2) is 0 Å². The van der Waals surface area contributed by atoms with E-state index in [4.69, 9.17) is 9.47 Å². The average Bonchev–Trinajstić information content (AvgIpc) is 2.72. The van der Waals surface area contributed by atoms with Gasteiger partial charge in [0.1, 0.15) is 18.0 Å². The molecular weight excluding hydrogens is 368 g/mol. The fourth-order valence-electron chi connectivity index (χ4n) is 3.03. The third-order valence-electron chi connectivity index (χ3n) is 4.57. The number of rotatable bonds is 4. The molecule has 1 heterocycles. The number of para-hydroxylation sites is 1. The van der Waals surface area contributed by atoms with Crippen molar-refractivity contribution >= 4 is 12.0 Å². The number of hydrogen-bond acceptors (Lipinski definition) is 4. The van der Waals surface area contributed by atoms with Gasteiger partial charge in [-0.1, -0.05) is 30.3 Å². The molecule has 1 fully saturated rings. The topological polar surface area (TPSA) is 59.1 Å². The van der Waals surface area contributed by atoms with Crippen LogP contribution in [0.4, 0.5) is 4.79 Å². The molecule has 1 aliphatic rings. The number of hydrogen-bond donors (Lipinski definition) is 0. The van der Waals surface area contributed by atoms with Crippen molar-refractivity contribution in [1.82, 2.24) is 9.80 Å². The van der Waals surface area contributed by atoms with E-state index in [1.54, 1.807) is 9.80 Å². The van der Waals surface area contributed by atoms with E-state index in [0.717, 1.165) is 11.3 Å². The van der Waals surface area contributed by atoms with E-state index in [9.17, 15) is 9.59 Å². The number of amides is 2. The Labute approximate surface area is 172 Å². The Morgan fingerprint density at radius 2 is 1.45 bits per heavy atom. The van der Waals surface area contributed by atoms with Crippen LogP contribution in [-0.2, 0) is 11.3 Å². The van der Waals surface area contributed by atoms with Crippen molar-refractivity contribution in [3.63, 3.8) is 0 Å². The van der Waals surface area contributed by atoms with Gasteiger partial charge in [-0.3, -0.25) is 4.79 Å². The number of carbonyl (C=O) groups excluding carboxylic acids is 2. The SMILES string of the molecule is CC(C)(C)OC(=O)N1CCN(C(=O)c2ccc(COc3ccccc3)cc2)CC1. The average molecular weight is 396 g/mol. The molecule has 0 aromatic heterocycles. The highest BCUT2D eigenvalue weighted by Gasteiger charge is 2.28. The minimum Gasteiger partial charge on any atom is -0.489 e. The minimum absolute atomic E-state index is 0.0237. The van der Waals surface area contributed by atoms with E-state index in [1.165, 1.54) is 0 Å². The zero-order valence-corrected chi connectivity index (χ0v) is 17.3. The summed E-state index contributed by atoms with van der Waals surface area (Å²) in [7, 11) is 0. The van der Waals surface area contributed by atoms with E-state index < -0.39 is 5.60 Å². The number of piperazine rings is 1. The highest BCUT2D eigenvalue weighted by Crippen LogP contribution is 2.15. The summed E-state index contributed by atoms with van der Waals surface area (Å²) in [5.74, 6) is 0.792. The maximum atomic E-state index is 12.8. The second-order valence-electron chi connectivity index (χ2n) is 8.06. The molecule has 29 heavy (non-hydrogen) atoms. The fraction of sp³-hybridized carbons (Fsp3) is 0.391. The van der Waals surface area contributed by atoms with Gasteiger partial charge in [0, 0.05) is 31.7 Å². The van der Waals surface area contributed by atoms with Crippen LogP contribution in [0.2, 0.25) is 0 Å². The molecule has 6 nitrogen and oxygen atoms in total. The van der Waals surface area contributed by atoms with Crippen LogP contribution in [-0.4, -0.2) is 53.6 Å². The minimum atomic E-state index is -0.518. The monoisotopic (exact) mass is 396 g/mol. The summed E-state index contributed by atoms with van der Waals surface area (Å²) in [4.78, 5) is 28.3. The van der Waals surface area contributed by atoms with Crippen molar-refractivity contribution in [1.29, 1.82) is 0 Å². The number of benzene rings is 2. The van der Waals surface area contributed by atoms with Crippen LogP contribution in [0.15, 0.2) is 54.6 Å². The van der Waals surface area contributed by atoms with Crippen molar-refractivity contribution in [3.05, 3.63) is 65.7 Å². The lowest BCUT2D eigenvalue weighted by Gasteiger charge is -2.35. The van der Waals surface area contributed by atoms with Gasteiger partial charge in [-0.25, -0.2) is 4.79 Å². The summed E-state index contributed by atoms with van der Waals surface area (Å²) in [5.41, 5.74) is 1.12. The van der Waals surface area contributed by atoms with E-state index in [0.29, 0.717) is 38.3 Å². The lowest BCUT2D eigenvalue weighted by atomic mass is 10.1. The van der Waals surface area contributed by atoms with Crippen LogP contribution in [0.3, 0.4) is 0 Å². The van der Waals surface area contributed by atoms with Gasteiger partial charge in [-0.2, -0.15) is 0 Å². The molecule has 0 spiro atoms. The summed E-state index contributed by atoms with van der Waals surface area (Å²) in [6.45, 7) is 7.94. The van der Waals surface area contributed by atoms with Crippen molar-refractivity contribution in [2.24, 2.45) is 0 Å². The van der Waals surface area contributed by atoms with Crippen LogP contribution in [0.25, 0.3) is 0 Å². The van der Waals surface area contributed by atoms with Crippen LogP contribution in [0.5, 0.6) is 5.75 Å². The number of carbonyl (C=O) groups is 2. The predicted octanol–water partition coefficient (Wildman–Crippen LogP) is 3.96. The fourth-order valence-corrected chi connectivity index (χ4v) is 3.03. The molecule has 0 bridgehead atoms. The molecule has 154 valence electrons. The summed E-state index contributed by atoms with van der Waals surface area (Å²) in [6, 6.07) is 17.1. The van der Waals surface area contributed by atoms with Crippen molar-refractivity contribution in [2.45, 2.75) is 33.0 Å². The second-order valence-corrected chi connectivity index (χ2v) is 8.06. The van der Waals surface area contributed by atoms with Gasteiger partial charge in [0.25, 0.3) is 5.91 Å². The predicted molar refractivity (Wildman–Crippen MR) is 111 cm³/mol. The first-order valence-electron chi connectivity index (χ1n) is 9.86. The third kappa shape index (κ3) is 5.98. The van der Waals surface area contributed by atoms with Gasteiger partial charge in [-0.15, -0.1) is 0 Å². The Hall–Kier alpha value is -3.02. The molecule has 2 amide bonds. The van der Waals surface area contributed by atoms with Gasteiger partial charge >= 0.3 is 6.09 Å². The summed E-state index contributed by atoms with van der Waals surface area (Å²) < 4.78 is 11.1. The maximum absolute atomic E-state index is 12.8. The first kappa shape index (κ1) is 20.7. The third-order valence-corrected chi connectivity index (χ3v) is 4.57. The maximum Gasteiger partial charge on any atom is 0.410 e. The zero-order chi connectivity index (χ0) is 20.9. The van der Waals surface area contributed by atoms with Gasteiger partial charge in [-0.05, 0) is 50.6 Å². The molecule has 1 saturated heterocycles. The first-order valence-corrected chi connectivity index (χ1v) is 9.86. The highest BCUT2D eigenvalue weighted by molar-refractivity contribution is 5.94. The Morgan fingerprint density at radius 1 is 0.862 bits per heavy atom. The van der Waals surface area contributed by atoms with Crippen LogP contribution < -0.4 is 4.74 Å². The lowest BCUT2D eigenvalue weighted by Crippen LogP contribution is -2.51. The molecule has 0 N–H and O–H groups in total. The van der Waals surface area contributed by atoms with E-state index in [2.05, 4.69) is 0 Å². The Kier molecular flexibility index (Phi) is 6.42. The summed E-state index contributed by atoms with van der Waals surface area (Å²) in [5, 5.41) is 0. The Bertz CT molecular complexity index is 820. The lowest BCUT2D eigenvalue weighted by molar-refractivity contribution is 0.0141. The van der Waals surface area contributed by atoms with Gasteiger partial charge < -0.3 is 19.3 Å². The van der Waals surface area contributed by atoms with E-state index in [1.807, 2.05) is 75.4 Å². The smallest absolute Gasteiger partial charge is 0.410 e. The van der Waals surface area contributed by atoms with Gasteiger partial charge in [0.2, 0.25) is 0 Å². The first-order chi connectivity index (χ1) is 13.8. The second kappa shape index (κ2) is 8.99. The molecule has 0 unspecified atom stereocenters. The van der Waals surface area contributed by atoms with Crippen LogP contribution in [0.1, 0.15) is 36.7 Å². The molecule has 6 heteroatoms. The largest absolute Gasteiger partial charge is 0.489 e. The molecule has 2 aromatic carbocycles. The van der Waals surface area contributed by atoms with Crippen molar-refractivity contribution < 1.29 is 19.1 Å². The van der Waals surface area contributed by atoms with E-state index in [-0.39, 0.29) is 12.0 Å². The Morgan fingerprint density at radius 3 is 2.03 bits per heavy atom. The van der Waals surface area contributed by atoms with Crippen molar-refractivity contribution in [2.75, 3.05) is 26.2 Å². The standard InChI is InChI=1S/C23H28N2O4/c1-23(2,3)29-22(27)25-15-13-24(14-16-25)21(26)19-11-9-18(10-12-19)17-28-20-7-5-4-6-8-20/h4-12H,13-17H2,1-3H3. The van der Waals surface area contributed by atoms with Gasteiger partial charge in [0.05, 0.1) is 0 Å². The number of nitrogens with zero attached hydrogens (tertiary/aromatic N) is 2. The molecule has 0 saturated carbocycles. The molecular formula is C23H28N2O4. The molecule has 0 atom stereocenters. The molecule has 0 aliphatic carbocycles. The summed E-state index contributed by atoms with van der Waals surface area (Å²) in [6.07, 6.45) is -0.327. The van der Waals surface area contributed by atoms with Crippen LogP contribution >= 0.6 is 0 Å². The molecule has 0 radical (unpaired) electrons. The zero-order valence-electron chi connectivity index (χ0n) is 17.3. The Balaban J connectivity index is 1.50. The van der Waals surface area contributed by atoms with Crippen LogP contribution in [0, 0.1) is 0 Å². The summed E-state index contributed by atoms with van der Waals surface area (Å²) >= 11 is 0. The van der Waals surface area contributed by atoms with E-state index >= 15 is 0 Å². The quantitative estimate of drug-likeness (QED) is 0.785. The highest BCUT2D eigenvalue weighted by atomic mass is 16.6. The molecule has 1 aliphatic heterocycles. The number of ether oxygens (including phenoxy) is 2.